The first-order chi connectivity index (χ1) is 18.3. The average Bonchev–Trinajstić information content (AvgIpc) is 3.18. The quantitative estimate of drug-likeness (QED) is 0.304. The van der Waals surface area contributed by atoms with Crippen LogP contribution < -0.4 is 10.2 Å². The highest BCUT2D eigenvalue weighted by molar-refractivity contribution is 9.10. The molecule has 0 aromatic heterocycles. The van der Waals surface area contributed by atoms with Crippen molar-refractivity contribution >= 4 is 51.0 Å². The second-order valence-electron chi connectivity index (χ2n) is 9.78. The first-order valence-electron chi connectivity index (χ1n) is 12.6. The summed E-state index contributed by atoms with van der Waals surface area (Å²) in [6.45, 7) is 1.42. The number of hydrogen-bond acceptors (Lipinski definition) is 5. The summed E-state index contributed by atoms with van der Waals surface area (Å²) in [5, 5.41) is 2.72. The van der Waals surface area contributed by atoms with E-state index < -0.39 is 18.5 Å². The van der Waals surface area contributed by atoms with E-state index in [1.54, 1.807) is 18.2 Å². The number of aryl methyl sites for hydroxylation is 1. The van der Waals surface area contributed by atoms with E-state index in [0.29, 0.717) is 24.2 Å². The Labute approximate surface area is 229 Å². The number of imide groups is 1. The van der Waals surface area contributed by atoms with Gasteiger partial charge in [0.1, 0.15) is 0 Å². The Morgan fingerprint density at radius 2 is 1.66 bits per heavy atom. The minimum Gasteiger partial charge on any atom is -0.452 e. The van der Waals surface area contributed by atoms with Crippen molar-refractivity contribution in [2.45, 2.75) is 32.1 Å². The number of esters is 1. The van der Waals surface area contributed by atoms with Crippen LogP contribution in [0.1, 0.15) is 46.7 Å². The zero-order chi connectivity index (χ0) is 26.8. The maximum Gasteiger partial charge on any atom is 0.338 e. The van der Waals surface area contributed by atoms with Gasteiger partial charge < -0.3 is 10.1 Å². The third kappa shape index (κ3) is 5.27. The van der Waals surface area contributed by atoms with Crippen molar-refractivity contribution in [3.8, 4) is 0 Å². The van der Waals surface area contributed by atoms with Gasteiger partial charge in [-0.2, -0.15) is 0 Å². The molecule has 194 valence electrons. The Balaban J connectivity index is 1.20. The van der Waals surface area contributed by atoms with Crippen molar-refractivity contribution in [1.29, 1.82) is 0 Å². The number of carbonyl (C=O) groups is 4. The van der Waals surface area contributed by atoms with Crippen LogP contribution >= 0.6 is 15.9 Å². The minimum atomic E-state index is -0.669. The molecule has 1 aliphatic carbocycles. The fourth-order valence-corrected chi connectivity index (χ4v) is 5.85. The molecule has 0 bridgehead atoms. The van der Waals surface area contributed by atoms with Gasteiger partial charge in [0, 0.05) is 10.2 Å². The SMILES string of the molecule is Cc1cc(Br)ccc1NC(=O)COC(=O)c1ccc(N2C(=O)[C@H]3C[C@H](c4ccccc4)CC[C@H]3C2=O)cc1. The average molecular weight is 575 g/mol. The van der Waals surface area contributed by atoms with Gasteiger partial charge in [0.15, 0.2) is 6.61 Å². The van der Waals surface area contributed by atoms with Gasteiger partial charge in [-0.05, 0) is 85.7 Å². The Kier molecular flexibility index (Phi) is 7.42. The molecular weight excluding hydrogens is 548 g/mol. The first-order valence-corrected chi connectivity index (χ1v) is 13.4. The van der Waals surface area contributed by atoms with E-state index in [4.69, 9.17) is 4.74 Å². The number of carbonyl (C=O) groups excluding carboxylic acids is 4. The number of amides is 3. The predicted molar refractivity (Wildman–Crippen MR) is 147 cm³/mol. The van der Waals surface area contributed by atoms with Crippen LogP contribution in [0.4, 0.5) is 11.4 Å². The van der Waals surface area contributed by atoms with Gasteiger partial charge >= 0.3 is 5.97 Å². The van der Waals surface area contributed by atoms with E-state index in [2.05, 4.69) is 33.4 Å². The van der Waals surface area contributed by atoms with Crippen LogP contribution in [0.2, 0.25) is 0 Å². The number of benzene rings is 3. The van der Waals surface area contributed by atoms with Gasteiger partial charge in [-0.25, -0.2) is 4.79 Å². The Hall–Kier alpha value is -3.78. The van der Waals surface area contributed by atoms with E-state index in [0.717, 1.165) is 16.5 Å². The molecule has 1 heterocycles. The summed E-state index contributed by atoms with van der Waals surface area (Å²) < 4.78 is 6.06. The van der Waals surface area contributed by atoms with Gasteiger partial charge in [0.05, 0.1) is 23.1 Å². The predicted octanol–water partition coefficient (Wildman–Crippen LogP) is 5.63. The molecule has 3 atom stereocenters. The lowest BCUT2D eigenvalue weighted by atomic mass is 9.73. The summed E-state index contributed by atoms with van der Waals surface area (Å²) in [6.07, 6.45) is 2.21. The van der Waals surface area contributed by atoms with Crippen LogP contribution in [-0.2, 0) is 19.1 Å². The fourth-order valence-electron chi connectivity index (χ4n) is 5.38. The first kappa shape index (κ1) is 25.9. The standard InChI is InChI=1S/C30H27BrN2O5/c1-18-15-22(31)10-14-26(18)32-27(34)17-38-30(37)20-7-11-23(12-8-20)33-28(35)24-13-9-21(16-25(24)29(33)36)19-5-3-2-4-6-19/h2-8,10-12,14-15,21,24-25H,9,13,16-17H2,1H3,(H,32,34)/t21-,24-,25+/m1/s1. The van der Waals surface area contributed by atoms with E-state index in [9.17, 15) is 19.2 Å². The van der Waals surface area contributed by atoms with Gasteiger partial charge in [-0.15, -0.1) is 0 Å². The van der Waals surface area contributed by atoms with Crippen molar-refractivity contribution in [3.63, 3.8) is 0 Å². The summed E-state index contributed by atoms with van der Waals surface area (Å²) in [7, 11) is 0. The lowest BCUT2D eigenvalue weighted by Gasteiger charge is -2.28. The Bertz CT molecular complexity index is 1390. The van der Waals surface area contributed by atoms with Gasteiger partial charge in [-0.1, -0.05) is 46.3 Å². The summed E-state index contributed by atoms with van der Waals surface area (Å²) in [6, 6.07) is 21.7. The van der Waals surface area contributed by atoms with Crippen LogP contribution in [0.15, 0.2) is 77.3 Å². The molecule has 2 aliphatic rings. The van der Waals surface area contributed by atoms with Crippen LogP contribution in [0.5, 0.6) is 0 Å². The van der Waals surface area contributed by atoms with Gasteiger partial charge in [0.2, 0.25) is 11.8 Å². The molecule has 0 spiro atoms. The molecule has 1 saturated carbocycles. The number of anilines is 2. The maximum absolute atomic E-state index is 13.3. The van der Waals surface area contributed by atoms with E-state index in [1.165, 1.54) is 22.6 Å². The normalized spacial score (nSPS) is 20.7. The largest absolute Gasteiger partial charge is 0.452 e. The van der Waals surface area contributed by atoms with Crippen LogP contribution in [0.3, 0.4) is 0 Å². The number of ether oxygens (including phenoxy) is 1. The van der Waals surface area contributed by atoms with Crippen molar-refractivity contribution in [2.75, 3.05) is 16.8 Å². The van der Waals surface area contributed by atoms with Crippen molar-refractivity contribution < 1.29 is 23.9 Å². The number of rotatable bonds is 6. The smallest absolute Gasteiger partial charge is 0.338 e. The summed E-state index contributed by atoms with van der Waals surface area (Å²) in [5.74, 6) is -1.87. The molecule has 1 N–H and O–H groups in total. The molecule has 3 aromatic carbocycles. The molecule has 5 rings (SSSR count). The summed E-state index contributed by atoms with van der Waals surface area (Å²) in [5.41, 5.74) is 3.37. The zero-order valence-electron chi connectivity index (χ0n) is 20.9. The van der Waals surface area contributed by atoms with E-state index in [-0.39, 0.29) is 35.1 Å². The van der Waals surface area contributed by atoms with Crippen molar-refractivity contribution in [1.82, 2.24) is 0 Å². The highest BCUT2D eigenvalue weighted by atomic mass is 79.9. The van der Waals surface area contributed by atoms with Gasteiger partial charge in [-0.3, -0.25) is 19.3 Å². The molecule has 2 fully saturated rings. The van der Waals surface area contributed by atoms with Crippen LogP contribution in [-0.4, -0.2) is 30.3 Å². The fraction of sp³-hybridized carbons (Fsp3) is 0.267. The molecule has 3 amide bonds. The summed E-state index contributed by atoms with van der Waals surface area (Å²) in [4.78, 5) is 52.4. The monoisotopic (exact) mass is 574 g/mol. The Morgan fingerprint density at radius 1 is 0.947 bits per heavy atom. The molecule has 1 saturated heterocycles. The molecule has 38 heavy (non-hydrogen) atoms. The Morgan fingerprint density at radius 3 is 2.37 bits per heavy atom. The lowest BCUT2D eigenvalue weighted by molar-refractivity contribution is -0.122. The topological polar surface area (TPSA) is 92.8 Å². The van der Waals surface area contributed by atoms with Crippen molar-refractivity contribution in [3.05, 3.63) is 94.0 Å². The van der Waals surface area contributed by atoms with E-state index in [1.807, 2.05) is 37.3 Å². The zero-order valence-corrected chi connectivity index (χ0v) is 22.4. The minimum absolute atomic E-state index is 0.179. The molecule has 8 heteroatoms. The highest BCUT2D eigenvalue weighted by Crippen LogP contribution is 2.45. The molecule has 0 radical (unpaired) electrons. The number of nitrogens with zero attached hydrogens (tertiary/aromatic N) is 1. The molecule has 0 unspecified atom stereocenters. The van der Waals surface area contributed by atoms with E-state index >= 15 is 0 Å². The van der Waals surface area contributed by atoms with Crippen LogP contribution in [0, 0.1) is 18.8 Å². The number of nitrogens with one attached hydrogen (secondary N) is 1. The third-order valence-electron chi connectivity index (χ3n) is 7.35. The molecule has 3 aromatic rings. The van der Waals surface area contributed by atoms with Crippen LogP contribution in [0.25, 0.3) is 0 Å². The lowest BCUT2D eigenvalue weighted by Crippen LogP contribution is -2.30. The molecule has 7 nitrogen and oxygen atoms in total. The van der Waals surface area contributed by atoms with Crippen molar-refractivity contribution in [2.24, 2.45) is 11.8 Å². The number of fused-ring (bicyclic) bond motifs is 1. The third-order valence-corrected chi connectivity index (χ3v) is 7.85. The summed E-state index contributed by atoms with van der Waals surface area (Å²) >= 11 is 3.38. The second-order valence-corrected chi connectivity index (χ2v) is 10.7. The van der Waals surface area contributed by atoms with Gasteiger partial charge in [0.25, 0.3) is 5.91 Å². The highest BCUT2D eigenvalue weighted by Gasteiger charge is 2.50. The molecule has 1 aliphatic heterocycles. The molecular formula is C30H27BrN2O5. The number of hydrogen-bond donors (Lipinski definition) is 1. The number of halogens is 1. The second kappa shape index (κ2) is 10.9. The maximum atomic E-state index is 13.3.